The zero-order chi connectivity index (χ0) is 11.3. The number of nitrogens with one attached hydrogen (secondary N) is 1. The van der Waals surface area contributed by atoms with Crippen molar-refractivity contribution < 1.29 is 9.59 Å². The van der Waals surface area contributed by atoms with Crippen LogP contribution in [0.5, 0.6) is 0 Å². The van der Waals surface area contributed by atoms with Gasteiger partial charge in [-0.2, -0.15) is 0 Å². The van der Waals surface area contributed by atoms with Crippen molar-refractivity contribution in [2.45, 2.75) is 9.79 Å². The number of anilines is 1. The Labute approximate surface area is 100 Å². The van der Waals surface area contributed by atoms with Gasteiger partial charge in [0.2, 0.25) is 0 Å². The Hall–Kier alpha value is -1.14. The van der Waals surface area contributed by atoms with Crippen LogP contribution >= 0.6 is 23.5 Å². The first-order valence-corrected chi connectivity index (χ1v) is 6.73. The summed E-state index contributed by atoms with van der Waals surface area (Å²) in [4.78, 5) is 25.0. The number of hydrogen-bond acceptors (Lipinski definition) is 5. The molecule has 0 radical (unpaired) electrons. The number of carbonyl (C=O) groups excluding carboxylic acids is 2. The van der Waals surface area contributed by atoms with Crippen LogP contribution in [0.2, 0.25) is 0 Å². The smallest absolute Gasteiger partial charge is 0.260 e. The number of thioether (sulfide) groups is 2. The van der Waals surface area contributed by atoms with Gasteiger partial charge in [-0.3, -0.25) is 14.9 Å². The lowest BCUT2D eigenvalue weighted by atomic mass is 10.1. The highest BCUT2D eigenvalue weighted by molar-refractivity contribution is 8.05. The van der Waals surface area contributed by atoms with Gasteiger partial charge in [-0.05, 0) is 6.07 Å². The Bertz CT molecular complexity index is 528. The third-order valence-electron chi connectivity index (χ3n) is 2.54. The van der Waals surface area contributed by atoms with Gasteiger partial charge in [0, 0.05) is 27.0 Å². The van der Waals surface area contributed by atoms with Gasteiger partial charge in [0.05, 0.1) is 11.1 Å². The summed E-state index contributed by atoms with van der Waals surface area (Å²) in [6.45, 7) is 0. The molecule has 0 saturated heterocycles. The highest BCUT2D eigenvalue weighted by Crippen LogP contribution is 2.44. The van der Waals surface area contributed by atoms with E-state index in [-0.39, 0.29) is 11.8 Å². The number of imide groups is 1. The monoisotopic (exact) mass is 252 g/mol. The molecule has 3 rings (SSSR count). The van der Waals surface area contributed by atoms with E-state index in [1.807, 2.05) is 0 Å². The van der Waals surface area contributed by atoms with Crippen LogP contribution in [0, 0.1) is 0 Å². The SMILES string of the molecule is Nc1cc2c(c3c1SCCS3)C(=O)NC2=O. The molecule has 2 amide bonds. The average Bonchev–Trinajstić information content (AvgIpc) is 2.55. The van der Waals surface area contributed by atoms with Crippen molar-refractivity contribution in [2.75, 3.05) is 17.2 Å². The molecular formula is C10H8N2O2S2. The maximum atomic E-state index is 11.7. The van der Waals surface area contributed by atoms with Crippen molar-refractivity contribution in [3.05, 3.63) is 17.2 Å². The summed E-state index contributed by atoms with van der Waals surface area (Å²) in [5, 5.41) is 2.30. The predicted octanol–water partition coefficient (Wildman–Crippen LogP) is 1.35. The Morgan fingerprint density at radius 1 is 1.12 bits per heavy atom. The number of amides is 2. The molecule has 0 fully saturated rings. The van der Waals surface area contributed by atoms with Gasteiger partial charge >= 0.3 is 0 Å². The number of carbonyl (C=O) groups is 2. The molecule has 0 bridgehead atoms. The van der Waals surface area contributed by atoms with Gasteiger partial charge in [0.25, 0.3) is 11.8 Å². The number of rotatable bonds is 0. The summed E-state index contributed by atoms with van der Waals surface area (Å²) in [7, 11) is 0. The van der Waals surface area contributed by atoms with E-state index in [9.17, 15) is 9.59 Å². The maximum absolute atomic E-state index is 11.7. The topological polar surface area (TPSA) is 72.2 Å². The maximum Gasteiger partial charge on any atom is 0.260 e. The van der Waals surface area contributed by atoms with E-state index in [1.54, 1.807) is 29.6 Å². The molecule has 1 aromatic rings. The largest absolute Gasteiger partial charge is 0.398 e. The quantitative estimate of drug-likeness (QED) is 0.538. The van der Waals surface area contributed by atoms with Crippen LogP contribution in [0.15, 0.2) is 15.9 Å². The van der Waals surface area contributed by atoms with E-state index in [2.05, 4.69) is 5.32 Å². The molecule has 6 heteroatoms. The van der Waals surface area contributed by atoms with E-state index in [1.165, 1.54) is 0 Å². The minimum atomic E-state index is -0.342. The van der Waals surface area contributed by atoms with Crippen molar-refractivity contribution in [2.24, 2.45) is 0 Å². The average molecular weight is 252 g/mol. The summed E-state index contributed by atoms with van der Waals surface area (Å²) in [5.41, 5.74) is 7.41. The van der Waals surface area contributed by atoms with Crippen LogP contribution in [-0.2, 0) is 0 Å². The van der Waals surface area contributed by atoms with Gasteiger partial charge in [0.1, 0.15) is 0 Å². The van der Waals surface area contributed by atoms with Crippen LogP contribution in [0.1, 0.15) is 20.7 Å². The fraction of sp³-hybridized carbons (Fsp3) is 0.200. The van der Waals surface area contributed by atoms with Crippen molar-refractivity contribution in [3.8, 4) is 0 Å². The second-order valence-electron chi connectivity index (χ2n) is 3.53. The minimum absolute atomic E-state index is 0.300. The lowest BCUT2D eigenvalue weighted by Crippen LogP contribution is -2.20. The van der Waals surface area contributed by atoms with Crippen molar-refractivity contribution >= 4 is 41.0 Å². The second kappa shape index (κ2) is 3.43. The highest BCUT2D eigenvalue weighted by atomic mass is 32.2. The molecule has 0 aliphatic carbocycles. The van der Waals surface area contributed by atoms with Crippen LogP contribution in [-0.4, -0.2) is 23.3 Å². The van der Waals surface area contributed by atoms with Crippen LogP contribution in [0.4, 0.5) is 5.69 Å². The molecule has 0 spiro atoms. The van der Waals surface area contributed by atoms with Gasteiger partial charge in [0.15, 0.2) is 0 Å². The van der Waals surface area contributed by atoms with Gasteiger partial charge in [-0.25, -0.2) is 0 Å². The molecule has 1 aromatic carbocycles. The Balaban J connectivity index is 2.32. The summed E-state index contributed by atoms with van der Waals surface area (Å²) in [6, 6.07) is 1.60. The molecule has 16 heavy (non-hydrogen) atoms. The lowest BCUT2D eigenvalue weighted by Gasteiger charge is -2.18. The molecule has 4 nitrogen and oxygen atoms in total. The highest BCUT2D eigenvalue weighted by Gasteiger charge is 2.33. The van der Waals surface area contributed by atoms with Crippen molar-refractivity contribution in [1.29, 1.82) is 0 Å². The Kier molecular flexibility index (Phi) is 2.15. The zero-order valence-electron chi connectivity index (χ0n) is 8.20. The van der Waals surface area contributed by atoms with Crippen LogP contribution in [0.25, 0.3) is 0 Å². The first-order valence-electron chi connectivity index (χ1n) is 4.76. The zero-order valence-corrected chi connectivity index (χ0v) is 9.83. The first-order chi connectivity index (χ1) is 7.68. The Morgan fingerprint density at radius 2 is 1.81 bits per heavy atom. The fourth-order valence-corrected chi connectivity index (χ4v) is 4.35. The third-order valence-corrected chi connectivity index (χ3v) is 5.17. The molecule has 0 unspecified atom stereocenters. The number of hydrogen-bond donors (Lipinski definition) is 2. The molecule has 82 valence electrons. The normalized spacial score (nSPS) is 18.0. The number of benzene rings is 1. The summed E-state index contributed by atoms with van der Waals surface area (Å²) in [5.74, 6) is 1.28. The fourth-order valence-electron chi connectivity index (χ4n) is 1.87. The molecule has 2 heterocycles. The third kappa shape index (κ3) is 1.26. The summed E-state index contributed by atoms with van der Waals surface area (Å²) in [6.07, 6.45) is 0. The van der Waals surface area contributed by atoms with Gasteiger partial charge in [-0.1, -0.05) is 0 Å². The van der Waals surface area contributed by atoms with Crippen LogP contribution in [0.3, 0.4) is 0 Å². The molecule has 0 saturated carbocycles. The van der Waals surface area contributed by atoms with E-state index in [4.69, 9.17) is 5.73 Å². The molecule has 0 atom stereocenters. The second-order valence-corrected chi connectivity index (χ2v) is 5.74. The summed E-state index contributed by atoms with van der Waals surface area (Å²) < 4.78 is 0. The van der Waals surface area contributed by atoms with E-state index in [0.717, 1.165) is 21.3 Å². The Morgan fingerprint density at radius 3 is 2.56 bits per heavy atom. The molecular weight excluding hydrogens is 244 g/mol. The number of nitrogens with two attached hydrogens (primary N) is 1. The van der Waals surface area contributed by atoms with E-state index in [0.29, 0.717) is 16.8 Å². The number of fused-ring (bicyclic) bond motifs is 3. The molecule has 2 aliphatic heterocycles. The van der Waals surface area contributed by atoms with Gasteiger partial charge < -0.3 is 5.73 Å². The predicted molar refractivity (Wildman–Crippen MR) is 64.1 cm³/mol. The van der Waals surface area contributed by atoms with Gasteiger partial charge in [-0.15, -0.1) is 23.5 Å². The molecule has 2 aliphatic rings. The molecule has 3 N–H and O–H groups in total. The molecule has 0 aromatic heterocycles. The first kappa shape index (κ1) is 10.0. The lowest BCUT2D eigenvalue weighted by molar-refractivity contribution is 0.0878. The number of nitrogen functional groups attached to an aromatic ring is 1. The van der Waals surface area contributed by atoms with Crippen molar-refractivity contribution in [3.63, 3.8) is 0 Å². The van der Waals surface area contributed by atoms with E-state index < -0.39 is 0 Å². The van der Waals surface area contributed by atoms with E-state index >= 15 is 0 Å². The van der Waals surface area contributed by atoms with Crippen LogP contribution < -0.4 is 11.1 Å². The summed E-state index contributed by atoms with van der Waals surface area (Å²) >= 11 is 3.25. The minimum Gasteiger partial charge on any atom is -0.398 e. The van der Waals surface area contributed by atoms with Crippen molar-refractivity contribution in [1.82, 2.24) is 5.32 Å². The standard InChI is InChI=1S/C10H8N2O2S2/c11-5-3-4-6(10(14)12-9(4)13)8-7(5)15-1-2-16-8/h3H,1-2,11H2,(H,12,13,14).